The van der Waals surface area contributed by atoms with Crippen molar-refractivity contribution in [1.82, 2.24) is 4.90 Å². The van der Waals surface area contributed by atoms with Crippen molar-refractivity contribution in [2.24, 2.45) is 5.92 Å². The number of amides is 1. The molecule has 2 fully saturated rings. The van der Waals surface area contributed by atoms with Gasteiger partial charge in [-0.15, -0.1) is 0 Å². The van der Waals surface area contributed by atoms with Crippen molar-refractivity contribution < 1.29 is 4.79 Å². The second-order valence-corrected chi connectivity index (χ2v) is 5.98. The molecule has 3 heteroatoms. The summed E-state index contributed by atoms with van der Waals surface area (Å²) in [5.74, 6) is 1.12. The molecule has 2 nitrogen and oxygen atoms in total. The van der Waals surface area contributed by atoms with Crippen LogP contribution in [0.5, 0.6) is 0 Å². The molecule has 86 valence electrons. The SMILES string of the molecule is CS[C@@H]1CCN(C(=O)CC2CCCC2)C1. The van der Waals surface area contributed by atoms with E-state index in [1.807, 2.05) is 11.8 Å². The van der Waals surface area contributed by atoms with E-state index in [9.17, 15) is 4.79 Å². The third kappa shape index (κ3) is 2.90. The lowest BCUT2D eigenvalue weighted by Gasteiger charge is -2.18. The zero-order chi connectivity index (χ0) is 10.7. The second kappa shape index (κ2) is 5.24. The molecule has 1 saturated carbocycles. The van der Waals surface area contributed by atoms with Crippen LogP contribution in [0.25, 0.3) is 0 Å². The van der Waals surface area contributed by atoms with Gasteiger partial charge in [-0.2, -0.15) is 11.8 Å². The summed E-state index contributed by atoms with van der Waals surface area (Å²) in [6, 6.07) is 0. The lowest BCUT2D eigenvalue weighted by molar-refractivity contribution is -0.131. The number of carbonyl (C=O) groups excluding carboxylic acids is 1. The first-order chi connectivity index (χ1) is 7.29. The fourth-order valence-corrected chi connectivity index (χ4v) is 3.41. The average Bonchev–Trinajstić information content (AvgIpc) is 2.86. The van der Waals surface area contributed by atoms with Crippen molar-refractivity contribution in [1.29, 1.82) is 0 Å². The van der Waals surface area contributed by atoms with Crippen LogP contribution in [-0.2, 0) is 4.79 Å². The van der Waals surface area contributed by atoms with E-state index in [4.69, 9.17) is 0 Å². The Kier molecular flexibility index (Phi) is 3.95. The van der Waals surface area contributed by atoms with Crippen molar-refractivity contribution in [3.05, 3.63) is 0 Å². The van der Waals surface area contributed by atoms with Crippen LogP contribution >= 0.6 is 11.8 Å². The van der Waals surface area contributed by atoms with Crippen LogP contribution in [0.15, 0.2) is 0 Å². The highest BCUT2D eigenvalue weighted by molar-refractivity contribution is 7.99. The van der Waals surface area contributed by atoms with Crippen molar-refractivity contribution in [2.75, 3.05) is 19.3 Å². The zero-order valence-corrected chi connectivity index (χ0v) is 10.4. The Hall–Kier alpha value is -0.180. The summed E-state index contributed by atoms with van der Waals surface area (Å²) in [4.78, 5) is 14.1. The lowest BCUT2D eigenvalue weighted by Crippen LogP contribution is -2.30. The molecule has 0 unspecified atom stereocenters. The van der Waals surface area contributed by atoms with Crippen LogP contribution in [0.4, 0.5) is 0 Å². The van der Waals surface area contributed by atoms with Gasteiger partial charge in [0.1, 0.15) is 0 Å². The van der Waals surface area contributed by atoms with Crippen molar-refractivity contribution in [3.63, 3.8) is 0 Å². The number of rotatable bonds is 3. The van der Waals surface area contributed by atoms with E-state index in [0.29, 0.717) is 17.1 Å². The Morgan fingerprint density at radius 3 is 2.67 bits per heavy atom. The molecule has 1 amide bonds. The van der Waals surface area contributed by atoms with Crippen LogP contribution < -0.4 is 0 Å². The quantitative estimate of drug-likeness (QED) is 0.738. The molecule has 15 heavy (non-hydrogen) atoms. The topological polar surface area (TPSA) is 20.3 Å². The maximum Gasteiger partial charge on any atom is 0.222 e. The van der Waals surface area contributed by atoms with E-state index in [1.165, 1.54) is 32.1 Å². The number of thioether (sulfide) groups is 1. The standard InChI is InChI=1S/C12H21NOS/c1-15-11-6-7-13(9-11)12(14)8-10-4-2-3-5-10/h10-11H,2-9H2,1H3/t11-/m1/s1. The molecule has 1 heterocycles. The molecular weight excluding hydrogens is 206 g/mol. The smallest absolute Gasteiger partial charge is 0.222 e. The number of hydrogen-bond donors (Lipinski definition) is 0. The Morgan fingerprint density at radius 1 is 1.33 bits per heavy atom. The molecule has 0 bridgehead atoms. The maximum absolute atomic E-state index is 12.0. The summed E-state index contributed by atoms with van der Waals surface area (Å²) in [5.41, 5.74) is 0. The number of carbonyl (C=O) groups is 1. The molecule has 0 aromatic carbocycles. The highest BCUT2D eigenvalue weighted by Crippen LogP contribution is 2.29. The predicted octanol–water partition coefficient (Wildman–Crippen LogP) is 2.53. The van der Waals surface area contributed by atoms with E-state index in [1.54, 1.807) is 0 Å². The van der Waals surface area contributed by atoms with Gasteiger partial charge in [0.25, 0.3) is 0 Å². The summed E-state index contributed by atoms with van der Waals surface area (Å²) in [5, 5.41) is 0.692. The Balaban J connectivity index is 1.76. The van der Waals surface area contributed by atoms with Gasteiger partial charge >= 0.3 is 0 Å². The first-order valence-electron chi connectivity index (χ1n) is 6.10. The normalized spacial score (nSPS) is 27.5. The monoisotopic (exact) mass is 227 g/mol. The van der Waals surface area contributed by atoms with Crippen LogP contribution in [0, 0.1) is 5.92 Å². The van der Waals surface area contributed by atoms with Crippen LogP contribution in [0.3, 0.4) is 0 Å². The third-order valence-electron chi connectivity index (χ3n) is 3.77. The van der Waals surface area contributed by atoms with Gasteiger partial charge in [-0.05, 0) is 31.4 Å². The molecule has 1 saturated heterocycles. The largest absolute Gasteiger partial charge is 0.342 e. The molecule has 1 aliphatic carbocycles. The van der Waals surface area contributed by atoms with Gasteiger partial charge in [-0.1, -0.05) is 12.8 Å². The molecule has 0 spiro atoms. The molecule has 1 atom stereocenters. The minimum Gasteiger partial charge on any atom is -0.342 e. The highest BCUT2D eigenvalue weighted by atomic mass is 32.2. The van der Waals surface area contributed by atoms with Gasteiger partial charge in [0.2, 0.25) is 5.91 Å². The number of nitrogens with zero attached hydrogens (tertiary/aromatic N) is 1. The number of hydrogen-bond acceptors (Lipinski definition) is 2. The fourth-order valence-electron chi connectivity index (χ4n) is 2.74. The Morgan fingerprint density at radius 2 is 2.07 bits per heavy atom. The molecule has 1 aliphatic heterocycles. The summed E-state index contributed by atoms with van der Waals surface area (Å²) >= 11 is 1.90. The molecule has 0 aromatic rings. The molecule has 0 N–H and O–H groups in total. The van der Waals surface area contributed by atoms with Gasteiger partial charge in [0, 0.05) is 24.8 Å². The first kappa shape index (κ1) is 11.3. The van der Waals surface area contributed by atoms with Gasteiger partial charge in [-0.3, -0.25) is 4.79 Å². The average molecular weight is 227 g/mol. The third-order valence-corrected chi connectivity index (χ3v) is 4.82. The summed E-state index contributed by atoms with van der Waals surface area (Å²) in [6.07, 6.45) is 9.40. The molecule has 0 radical (unpaired) electrons. The molecular formula is C12H21NOS. The van der Waals surface area contributed by atoms with E-state index >= 15 is 0 Å². The van der Waals surface area contributed by atoms with Crippen molar-refractivity contribution in [2.45, 2.75) is 43.8 Å². The van der Waals surface area contributed by atoms with Gasteiger partial charge in [-0.25, -0.2) is 0 Å². The van der Waals surface area contributed by atoms with Gasteiger partial charge in [0.05, 0.1) is 0 Å². The zero-order valence-electron chi connectivity index (χ0n) is 9.58. The maximum atomic E-state index is 12.0. The van der Waals surface area contributed by atoms with Gasteiger partial charge in [0.15, 0.2) is 0 Å². The second-order valence-electron chi connectivity index (χ2n) is 4.84. The highest BCUT2D eigenvalue weighted by Gasteiger charge is 2.27. The molecule has 0 aromatic heterocycles. The van der Waals surface area contributed by atoms with Crippen LogP contribution in [0.1, 0.15) is 38.5 Å². The van der Waals surface area contributed by atoms with E-state index in [2.05, 4.69) is 11.2 Å². The lowest BCUT2D eigenvalue weighted by atomic mass is 10.0. The minimum absolute atomic E-state index is 0.415. The van der Waals surface area contributed by atoms with E-state index < -0.39 is 0 Å². The van der Waals surface area contributed by atoms with Crippen LogP contribution in [-0.4, -0.2) is 35.4 Å². The first-order valence-corrected chi connectivity index (χ1v) is 7.39. The number of likely N-dealkylation sites (tertiary alicyclic amines) is 1. The van der Waals surface area contributed by atoms with E-state index in [0.717, 1.165) is 19.5 Å². The van der Waals surface area contributed by atoms with E-state index in [-0.39, 0.29) is 0 Å². The Labute approximate surface area is 96.8 Å². The minimum atomic E-state index is 0.415. The van der Waals surface area contributed by atoms with Gasteiger partial charge < -0.3 is 4.90 Å². The summed E-state index contributed by atoms with van der Waals surface area (Å²) in [6.45, 7) is 1.99. The predicted molar refractivity (Wildman–Crippen MR) is 65.1 cm³/mol. The molecule has 2 aliphatic rings. The Bertz CT molecular complexity index is 226. The summed E-state index contributed by atoms with van der Waals surface area (Å²) in [7, 11) is 0. The van der Waals surface area contributed by atoms with Crippen molar-refractivity contribution in [3.8, 4) is 0 Å². The van der Waals surface area contributed by atoms with Crippen molar-refractivity contribution >= 4 is 17.7 Å². The summed E-state index contributed by atoms with van der Waals surface area (Å²) < 4.78 is 0. The molecule has 2 rings (SSSR count). The van der Waals surface area contributed by atoms with Crippen LogP contribution in [0.2, 0.25) is 0 Å². The fraction of sp³-hybridized carbons (Fsp3) is 0.917.